The van der Waals surface area contributed by atoms with E-state index in [1.54, 1.807) is 0 Å². The number of aliphatic hydroxyl groups is 2. The number of thiol groups is 1. The molecular weight excluding hydrogens is 162 g/mol. The van der Waals surface area contributed by atoms with E-state index in [4.69, 9.17) is 10.2 Å². The minimum absolute atomic E-state index is 0.0647. The van der Waals surface area contributed by atoms with E-state index in [-0.39, 0.29) is 19.1 Å². The molecule has 0 aromatic rings. The normalized spacial score (nSPS) is 10.9. The van der Waals surface area contributed by atoms with Crippen LogP contribution in [0, 0.1) is 5.92 Å². The Labute approximate surface area is 73.4 Å². The third-order valence-corrected chi connectivity index (χ3v) is 1.89. The van der Waals surface area contributed by atoms with Crippen molar-refractivity contribution < 1.29 is 10.2 Å². The highest BCUT2D eigenvalue weighted by atomic mass is 32.1. The number of rotatable bonds is 7. The molecule has 0 aliphatic carbocycles. The molecule has 3 N–H and O–H groups in total. The summed E-state index contributed by atoms with van der Waals surface area (Å²) in [5, 5.41) is 17.4. The van der Waals surface area contributed by atoms with Gasteiger partial charge in [-0.2, -0.15) is 0 Å². The minimum atomic E-state index is 0.0647. The van der Waals surface area contributed by atoms with Gasteiger partial charge in [0.15, 0.2) is 0 Å². The van der Waals surface area contributed by atoms with Crippen molar-refractivity contribution in [3.05, 3.63) is 0 Å². The molecule has 0 aromatic heterocycles. The highest BCUT2D eigenvalue weighted by molar-refractivity contribution is 7.78. The van der Waals surface area contributed by atoms with Crippen molar-refractivity contribution in [3.8, 4) is 0 Å². The van der Waals surface area contributed by atoms with Gasteiger partial charge in [-0.3, -0.25) is 4.72 Å². The predicted molar refractivity (Wildman–Crippen MR) is 48.5 cm³/mol. The van der Waals surface area contributed by atoms with Crippen molar-refractivity contribution in [2.75, 3.05) is 19.8 Å². The average Bonchev–Trinajstić information content (AvgIpc) is 2.05. The summed E-state index contributed by atoms with van der Waals surface area (Å²) in [6.45, 7) is 1.06. The molecule has 4 heteroatoms. The van der Waals surface area contributed by atoms with Crippen LogP contribution in [0.25, 0.3) is 0 Å². The van der Waals surface area contributed by atoms with Gasteiger partial charge in [0.1, 0.15) is 0 Å². The zero-order chi connectivity index (χ0) is 8.53. The number of unbranched alkanes of at least 4 members (excludes halogenated alkanes) is 1. The van der Waals surface area contributed by atoms with Gasteiger partial charge in [-0.25, -0.2) is 0 Å². The maximum atomic E-state index is 8.69. The fraction of sp³-hybridized carbons (Fsp3) is 1.00. The van der Waals surface area contributed by atoms with Crippen LogP contribution >= 0.6 is 12.8 Å². The molecule has 0 saturated heterocycles. The Hall–Kier alpha value is 0.230. The Kier molecular flexibility index (Phi) is 8.50. The summed E-state index contributed by atoms with van der Waals surface area (Å²) in [5.41, 5.74) is 0. The van der Waals surface area contributed by atoms with Crippen LogP contribution < -0.4 is 4.72 Å². The smallest absolute Gasteiger partial charge is 0.0481 e. The monoisotopic (exact) mass is 179 g/mol. The summed E-state index contributed by atoms with van der Waals surface area (Å²) in [5.74, 6) is 0.0647. The minimum Gasteiger partial charge on any atom is -0.396 e. The van der Waals surface area contributed by atoms with Crippen LogP contribution in [0.3, 0.4) is 0 Å². The maximum absolute atomic E-state index is 8.69. The van der Waals surface area contributed by atoms with Gasteiger partial charge in [-0.15, -0.1) is 0 Å². The Bertz CT molecular complexity index is 78.8. The van der Waals surface area contributed by atoms with E-state index in [9.17, 15) is 0 Å². The van der Waals surface area contributed by atoms with Crippen molar-refractivity contribution in [2.24, 2.45) is 5.92 Å². The third kappa shape index (κ3) is 6.62. The first-order chi connectivity index (χ1) is 5.35. The Balaban J connectivity index is 3.07. The van der Waals surface area contributed by atoms with Gasteiger partial charge in [-0.05, 0) is 12.8 Å². The fourth-order valence-electron chi connectivity index (χ4n) is 0.877. The first kappa shape index (κ1) is 11.2. The second-order valence-corrected chi connectivity index (χ2v) is 2.95. The molecule has 3 nitrogen and oxygen atoms in total. The molecule has 0 aromatic carbocycles. The van der Waals surface area contributed by atoms with Crippen LogP contribution in [-0.2, 0) is 0 Å². The first-order valence-corrected chi connectivity index (χ1v) is 4.38. The van der Waals surface area contributed by atoms with E-state index < -0.39 is 0 Å². The molecule has 0 aliphatic rings. The van der Waals surface area contributed by atoms with Gasteiger partial charge < -0.3 is 10.2 Å². The van der Waals surface area contributed by atoms with Gasteiger partial charge in [0.05, 0.1) is 0 Å². The summed E-state index contributed by atoms with van der Waals surface area (Å²) in [6, 6.07) is 0. The summed E-state index contributed by atoms with van der Waals surface area (Å²) < 4.78 is 2.75. The molecule has 68 valence electrons. The lowest BCUT2D eigenvalue weighted by atomic mass is 10.0. The fourth-order valence-corrected chi connectivity index (χ4v) is 1.04. The summed E-state index contributed by atoms with van der Waals surface area (Å²) >= 11 is 3.84. The predicted octanol–water partition coefficient (Wildman–Crippen LogP) is 0.192. The summed E-state index contributed by atoms with van der Waals surface area (Å²) in [4.78, 5) is 0. The summed E-state index contributed by atoms with van der Waals surface area (Å²) in [7, 11) is 0. The lowest BCUT2D eigenvalue weighted by Crippen LogP contribution is -2.11. The van der Waals surface area contributed by atoms with Crippen LogP contribution in [0.1, 0.15) is 19.3 Å². The zero-order valence-electron chi connectivity index (χ0n) is 6.66. The van der Waals surface area contributed by atoms with Gasteiger partial charge >= 0.3 is 0 Å². The molecule has 0 rings (SSSR count). The summed E-state index contributed by atoms with van der Waals surface area (Å²) in [6.07, 6.45) is 2.96. The number of hydrogen-bond acceptors (Lipinski definition) is 4. The molecule has 0 radical (unpaired) electrons. The van der Waals surface area contributed by atoms with Crippen molar-refractivity contribution >= 4 is 12.8 Å². The lowest BCUT2D eigenvalue weighted by molar-refractivity contribution is 0.142. The largest absolute Gasteiger partial charge is 0.396 e. The van der Waals surface area contributed by atoms with E-state index >= 15 is 0 Å². The third-order valence-electron chi connectivity index (χ3n) is 1.67. The zero-order valence-corrected chi connectivity index (χ0v) is 7.56. The second kappa shape index (κ2) is 8.33. The van der Waals surface area contributed by atoms with E-state index in [1.165, 1.54) is 0 Å². The molecule has 0 spiro atoms. The van der Waals surface area contributed by atoms with Gasteiger partial charge in [0.2, 0.25) is 0 Å². The molecular formula is C7H17NO2S. The molecule has 0 fully saturated rings. The van der Waals surface area contributed by atoms with Gasteiger partial charge in [0, 0.05) is 25.7 Å². The molecule has 0 saturated carbocycles. The standard InChI is InChI=1S/C7H17NO2S/c9-5-7(6-10)3-1-2-4-8-11/h7-11H,1-6H2. The van der Waals surface area contributed by atoms with Crippen molar-refractivity contribution in [2.45, 2.75) is 19.3 Å². The van der Waals surface area contributed by atoms with Crippen LogP contribution in [0.4, 0.5) is 0 Å². The Morgan fingerprint density at radius 3 is 2.27 bits per heavy atom. The molecule has 0 aliphatic heterocycles. The van der Waals surface area contributed by atoms with Crippen LogP contribution in [-0.4, -0.2) is 30.0 Å². The van der Waals surface area contributed by atoms with Crippen LogP contribution in [0.15, 0.2) is 0 Å². The quantitative estimate of drug-likeness (QED) is 0.333. The molecule has 0 unspecified atom stereocenters. The van der Waals surface area contributed by atoms with E-state index in [2.05, 4.69) is 17.5 Å². The highest BCUT2D eigenvalue weighted by Gasteiger charge is 2.03. The molecule has 0 bridgehead atoms. The molecule has 0 heterocycles. The second-order valence-electron chi connectivity index (χ2n) is 2.64. The topological polar surface area (TPSA) is 52.5 Å². The van der Waals surface area contributed by atoms with E-state index in [1.807, 2.05) is 0 Å². The molecule has 11 heavy (non-hydrogen) atoms. The van der Waals surface area contributed by atoms with Crippen molar-refractivity contribution in [1.82, 2.24) is 4.72 Å². The molecule has 0 amide bonds. The Morgan fingerprint density at radius 2 is 1.82 bits per heavy atom. The maximum Gasteiger partial charge on any atom is 0.0481 e. The number of hydrogen-bond donors (Lipinski definition) is 4. The van der Waals surface area contributed by atoms with Crippen LogP contribution in [0.5, 0.6) is 0 Å². The lowest BCUT2D eigenvalue weighted by Gasteiger charge is -2.09. The highest BCUT2D eigenvalue weighted by Crippen LogP contribution is 2.06. The van der Waals surface area contributed by atoms with Crippen molar-refractivity contribution in [1.29, 1.82) is 0 Å². The molecule has 0 atom stereocenters. The average molecular weight is 179 g/mol. The number of nitrogens with one attached hydrogen (secondary N) is 1. The van der Waals surface area contributed by atoms with E-state index in [0.29, 0.717) is 0 Å². The number of aliphatic hydroxyl groups excluding tert-OH is 2. The SMILES string of the molecule is OCC(CO)CCCCNS. The van der Waals surface area contributed by atoms with Crippen molar-refractivity contribution in [3.63, 3.8) is 0 Å². The first-order valence-electron chi connectivity index (χ1n) is 3.93. The van der Waals surface area contributed by atoms with Crippen LogP contribution in [0.2, 0.25) is 0 Å². The van der Waals surface area contributed by atoms with Gasteiger partial charge in [0.25, 0.3) is 0 Å². The van der Waals surface area contributed by atoms with E-state index in [0.717, 1.165) is 25.8 Å². The Morgan fingerprint density at radius 1 is 1.18 bits per heavy atom. The van der Waals surface area contributed by atoms with Gasteiger partial charge in [-0.1, -0.05) is 19.2 Å².